The molecule has 1 fully saturated rings. The standard InChI is InChI=1S/C11H9NO2/c12-6-10-11(14-10)5-8-3-1-2-4-9(8)13-7-11/h1-4,10H,5,7H2. The Bertz CT molecular complexity index is 424. The van der Waals surface area contributed by atoms with Crippen molar-refractivity contribution in [3.63, 3.8) is 0 Å². The third-order valence-corrected chi connectivity index (χ3v) is 2.82. The highest BCUT2D eigenvalue weighted by Crippen LogP contribution is 2.44. The summed E-state index contributed by atoms with van der Waals surface area (Å²) in [6.45, 7) is 0.502. The van der Waals surface area contributed by atoms with Crippen molar-refractivity contribution in [2.45, 2.75) is 18.1 Å². The van der Waals surface area contributed by atoms with E-state index in [0.717, 1.165) is 17.7 Å². The molecule has 1 saturated heterocycles. The Balaban J connectivity index is 1.92. The van der Waals surface area contributed by atoms with Crippen LogP contribution in [0.2, 0.25) is 0 Å². The van der Waals surface area contributed by atoms with Gasteiger partial charge in [0, 0.05) is 6.42 Å². The average molecular weight is 187 g/mol. The van der Waals surface area contributed by atoms with Crippen LogP contribution in [-0.4, -0.2) is 18.3 Å². The Morgan fingerprint density at radius 1 is 1.43 bits per heavy atom. The molecule has 3 rings (SSSR count). The molecule has 0 saturated carbocycles. The SMILES string of the molecule is N#CC1OC12COc1ccccc1C2. The first-order chi connectivity index (χ1) is 6.84. The van der Waals surface area contributed by atoms with Crippen LogP contribution in [0.1, 0.15) is 5.56 Å². The summed E-state index contributed by atoms with van der Waals surface area (Å²) in [6, 6.07) is 10.0. The van der Waals surface area contributed by atoms with E-state index in [4.69, 9.17) is 14.7 Å². The predicted octanol–water partition coefficient (Wildman–Crippen LogP) is 1.28. The van der Waals surface area contributed by atoms with Gasteiger partial charge >= 0.3 is 0 Å². The first-order valence-electron chi connectivity index (χ1n) is 4.62. The minimum absolute atomic E-state index is 0.282. The Hall–Kier alpha value is -1.53. The number of hydrogen-bond donors (Lipinski definition) is 0. The molecule has 2 aliphatic rings. The van der Waals surface area contributed by atoms with E-state index in [0.29, 0.717) is 6.61 Å². The molecule has 1 aromatic carbocycles. The van der Waals surface area contributed by atoms with Crippen molar-refractivity contribution in [1.29, 1.82) is 5.26 Å². The van der Waals surface area contributed by atoms with Crippen LogP contribution in [0.4, 0.5) is 0 Å². The zero-order valence-electron chi connectivity index (χ0n) is 7.56. The second-order valence-corrected chi connectivity index (χ2v) is 3.76. The largest absolute Gasteiger partial charge is 0.490 e. The summed E-state index contributed by atoms with van der Waals surface area (Å²) in [4.78, 5) is 0. The van der Waals surface area contributed by atoms with Gasteiger partial charge in [0.2, 0.25) is 0 Å². The molecule has 2 heterocycles. The van der Waals surface area contributed by atoms with Crippen molar-refractivity contribution in [2.24, 2.45) is 0 Å². The normalized spacial score (nSPS) is 32.9. The van der Waals surface area contributed by atoms with E-state index >= 15 is 0 Å². The van der Waals surface area contributed by atoms with E-state index in [2.05, 4.69) is 6.07 Å². The van der Waals surface area contributed by atoms with E-state index in [1.165, 1.54) is 0 Å². The lowest BCUT2D eigenvalue weighted by atomic mass is 9.94. The molecule has 2 unspecified atom stereocenters. The molecule has 3 heteroatoms. The Kier molecular flexibility index (Phi) is 1.39. The molecular formula is C11H9NO2. The van der Waals surface area contributed by atoms with Gasteiger partial charge in [0.15, 0.2) is 6.10 Å². The van der Waals surface area contributed by atoms with Crippen LogP contribution in [0.15, 0.2) is 24.3 Å². The van der Waals surface area contributed by atoms with Crippen LogP contribution in [0.25, 0.3) is 0 Å². The van der Waals surface area contributed by atoms with Gasteiger partial charge in [-0.15, -0.1) is 0 Å². The fourth-order valence-electron chi connectivity index (χ4n) is 1.95. The number of ether oxygens (including phenoxy) is 2. The van der Waals surface area contributed by atoms with Crippen LogP contribution in [0.5, 0.6) is 5.75 Å². The molecule has 0 bridgehead atoms. The van der Waals surface area contributed by atoms with Gasteiger partial charge in [0.25, 0.3) is 0 Å². The lowest BCUT2D eigenvalue weighted by molar-refractivity contribution is 0.167. The highest BCUT2D eigenvalue weighted by Gasteiger charge is 2.59. The van der Waals surface area contributed by atoms with Gasteiger partial charge in [-0.05, 0) is 11.6 Å². The second-order valence-electron chi connectivity index (χ2n) is 3.76. The lowest BCUT2D eigenvalue weighted by Gasteiger charge is -2.22. The number of fused-ring (bicyclic) bond motifs is 1. The summed E-state index contributed by atoms with van der Waals surface area (Å²) in [5, 5.41) is 8.74. The van der Waals surface area contributed by atoms with Gasteiger partial charge < -0.3 is 9.47 Å². The molecule has 0 N–H and O–H groups in total. The number of benzene rings is 1. The zero-order valence-corrected chi connectivity index (χ0v) is 7.56. The molecule has 0 aromatic heterocycles. The summed E-state index contributed by atoms with van der Waals surface area (Å²) < 4.78 is 10.9. The number of nitrogens with zero attached hydrogens (tertiary/aromatic N) is 1. The number of hydrogen-bond acceptors (Lipinski definition) is 3. The lowest BCUT2D eigenvalue weighted by Crippen LogP contribution is -2.31. The molecule has 70 valence electrons. The smallest absolute Gasteiger partial charge is 0.177 e. The van der Waals surface area contributed by atoms with Crippen LogP contribution < -0.4 is 4.74 Å². The number of nitriles is 1. The van der Waals surface area contributed by atoms with E-state index in [1.54, 1.807) is 0 Å². The Morgan fingerprint density at radius 2 is 2.29 bits per heavy atom. The molecule has 0 radical (unpaired) electrons. The first-order valence-corrected chi connectivity index (χ1v) is 4.62. The maximum Gasteiger partial charge on any atom is 0.177 e. The monoisotopic (exact) mass is 187 g/mol. The van der Waals surface area contributed by atoms with E-state index in [-0.39, 0.29) is 11.7 Å². The average Bonchev–Trinajstić information content (AvgIpc) is 2.91. The zero-order chi connectivity index (χ0) is 9.60. The van der Waals surface area contributed by atoms with Crippen molar-refractivity contribution in [3.05, 3.63) is 29.8 Å². The third kappa shape index (κ3) is 0.948. The van der Waals surface area contributed by atoms with Crippen LogP contribution in [0, 0.1) is 11.3 Å². The first kappa shape index (κ1) is 7.84. The molecule has 1 aromatic rings. The summed E-state index contributed by atoms with van der Waals surface area (Å²) in [7, 11) is 0. The Morgan fingerprint density at radius 3 is 3.07 bits per heavy atom. The molecule has 3 nitrogen and oxygen atoms in total. The molecule has 2 aliphatic heterocycles. The van der Waals surface area contributed by atoms with E-state index in [9.17, 15) is 0 Å². The van der Waals surface area contributed by atoms with Gasteiger partial charge in [0.05, 0.1) is 6.07 Å². The van der Waals surface area contributed by atoms with Crippen molar-refractivity contribution < 1.29 is 9.47 Å². The van der Waals surface area contributed by atoms with Gasteiger partial charge in [-0.3, -0.25) is 0 Å². The van der Waals surface area contributed by atoms with E-state index < -0.39 is 0 Å². The number of rotatable bonds is 0. The maximum absolute atomic E-state index is 8.74. The molecule has 14 heavy (non-hydrogen) atoms. The van der Waals surface area contributed by atoms with Crippen LogP contribution in [0.3, 0.4) is 0 Å². The van der Waals surface area contributed by atoms with Crippen molar-refractivity contribution in [1.82, 2.24) is 0 Å². The number of para-hydroxylation sites is 1. The van der Waals surface area contributed by atoms with Crippen LogP contribution in [-0.2, 0) is 11.2 Å². The highest BCUT2D eigenvalue weighted by atomic mass is 16.6. The van der Waals surface area contributed by atoms with Gasteiger partial charge in [-0.1, -0.05) is 18.2 Å². The van der Waals surface area contributed by atoms with Gasteiger partial charge in [-0.2, -0.15) is 5.26 Å². The quantitative estimate of drug-likeness (QED) is 0.575. The van der Waals surface area contributed by atoms with Crippen molar-refractivity contribution >= 4 is 0 Å². The highest BCUT2D eigenvalue weighted by molar-refractivity contribution is 5.39. The summed E-state index contributed by atoms with van der Waals surface area (Å²) in [6.07, 6.45) is 0.511. The molecule has 1 spiro atoms. The van der Waals surface area contributed by atoms with E-state index in [1.807, 2.05) is 24.3 Å². The topological polar surface area (TPSA) is 45.5 Å². The fraction of sp³-hybridized carbons (Fsp3) is 0.364. The molecule has 2 atom stereocenters. The van der Waals surface area contributed by atoms with Gasteiger partial charge in [0.1, 0.15) is 18.0 Å². The maximum atomic E-state index is 8.74. The minimum Gasteiger partial charge on any atom is -0.490 e. The molecule has 0 amide bonds. The van der Waals surface area contributed by atoms with Crippen LogP contribution >= 0.6 is 0 Å². The summed E-state index contributed by atoms with van der Waals surface area (Å²) in [5.74, 6) is 0.922. The summed E-state index contributed by atoms with van der Waals surface area (Å²) >= 11 is 0. The third-order valence-electron chi connectivity index (χ3n) is 2.82. The summed E-state index contributed by atoms with van der Waals surface area (Å²) in [5.41, 5.74) is 0.792. The molecule has 0 aliphatic carbocycles. The van der Waals surface area contributed by atoms with Crippen molar-refractivity contribution in [3.8, 4) is 11.8 Å². The second kappa shape index (κ2) is 2.49. The number of epoxide rings is 1. The minimum atomic E-state index is -0.344. The fourth-order valence-corrected chi connectivity index (χ4v) is 1.95. The molecular weight excluding hydrogens is 178 g/mol. The predicted molar refractivity (Wildman–Crippen MR) is 48.9 cm³/mol. The van der Waals surface area contributed by atoms with Crippen molar-refractivity contribution in [2.75, 3.05) is 6.61 Å². The Labute approximate surface area is 81.9 Å². The van der Waals surface area contributed by atoms with Gasteiger partial charge in [-0.25, -0.2) is 0 Å².